The third kappa shape index (κ3) is 3.94. The molecule has 0 unspecified atom stereocenters. The number of anilines is 1. The van der Waals surface area contributed by atoms with E-state index in [2.05, 4.69) is 15.8 Å². The summed E-state index contributed by atoms with van der Waals surface area (Å²) in [5.74, 6) is 0.255. The van der Waals surface area contributed by atoms with Crippen molar-refractivity contribution >= 4 is 17.6 Å². The number of rotatable bonds is 5. The van der Waals surface area contributed by atoms with Gasteiger partial charge >= 0.3 is 0 Å². The molecule has 6 nitrogen and oxygen atoms in total. The zero-order chi connectivity index (χ0) is 16.1. The van der Waals surface area contributed by atoms with Gasteiger partial charge in [-0.25, -0.2) is 0 Å². The maximum Gasteiger partial charge on any atom is 0.251 e. The van der Waals surface area contributed by atoms with Gasteiger partial charge in [0.25, 0.3) is 5.91 Å². The molecule has 0 bridgehead atoms. The zero-order valence-electron chi connectivity index (χ0n) is 12.8. The van der Waals surface area contributed by atoms with E-state index in [0.717, 1.165) is 0 Å². The molecule has 0 radical (unpaired) electrons. The summed E-state index contributed by atoms with van der Waals surface area (Å²) in [6.45, 7) is 5.47. The molecule has 0 aliphatic carbocycles. The van der Waals surface area contributed by atoms with Crippen LogP contribution in [0.1, 0.15) is 30.0 Å². The van der Waals surface area contributed by atoms with Crippen LogP contribution < -0.4 is 10.6 Å². The predicted octanol–water partition coefficient (Wildman–Crippen LogP) is 2.38. The van der Waals surface area contributed by atoms with E-state index in [1.54, 1.807) is 37.3 Å². The quantitative estimate of drug-likeness (QED) is 0.888. The second-order valence-corrected chi connectivity index (χ2v) is 5.37. The Balaban J connectivity index is 2.06. The molecule has 1 heterocycles. The van der Waals surface area contributed by atoms with Crippen molar-refractivity contribution in [1.29, 1.82) is 0 Å². The monoisotopic (exact) mass is 301 g/mol. The van der Waals surface area contributed by atoms with E-state index in [4.69, 9.17) is 4.52 Å². The molecule has 1 atom stereocenters. The number of nitrogens with one attached hydrogen (secondary N) is 2. The number of benzene rings is 1. The third-order valence-electron chi connectivity index (χ3n) is 3.15. The molecule has 2 amide bonds. The number of carbonyl (C=O) groups excluding carboxylic acids is 2. The highest BCUT2D eigenvalue weighted by molar-refractivity contribution is 6.00. The zero-order valence-corrected chi connectivity index (χ0v) is 12.8. The number of nitrogens with zero attached hydrogens (tertiary/aromatic N) is 1. The van der Waals surface area contributed by atoms with Crippen LogP contribution in [0.4, 0.5) is 5.82 Å². The Kier molecular flexibility index (Phi) is 4.93. The van der Waals surface area contributed by atoms with E-state index in [-0.39, 0.29) is 17.7 Å². The summed E-state index contributed by atoms with van der Waals surface area (Å²) < 4.78 is 4.90. The Morgan fingerprint density at radius 3 is 2.41 bits per heavy atom. The van der Waals surface area contributed by atoms with Crippen molar-refractivity contribution in [1.82, 2.24) is 10.5 Å². The van der Waals surface area contributed by atoms with Crippen LogP contribution in [0.3, 0.4) is 0 Å². The summed E-state index contributed by atoms with van der Waals surface area (Å²) >= 11 is 0. The normalized spacial score (nSPS) is 12.0. The molecule has 0 aliphatic heterocycles. The van der Waals surface area contributed by atoms with Gasteiger partial charge in [0, 0.05) is 11.6 Å². The molecule has 0 spiro atoms. The van der Waals surface area contributed by atoms with Gasteiger partial charge in [0.15, 0.2) is 5.82 Å². The second kappa shape index (κ2) is 6.89. The summed E-state index contributed by atoms with van der Waals surface area (Å²) in [5, 5.41) is 9.11. The minimum atomic E-state index is -0.662. The maximum atomic E-state index is 12.3. The molecule has 1 aromatic carbocycles. The van der Waals surface area contributed by atoms with Crippen LogP contribution in [0.15, 0.2) is 40.9 Å². The average Bonchev–Trinajstić information content (AvgIpc) is 2.90. The van der Waals surface area contributed by atoms with Gasteiger partial charge in [0.05, 0.1) is 0 Å². The lowest BCUT2D eigenvalue weighted by Gasteiger charge is -2.21. The second-order valence-electron chi connectivity index (χ2n) is 5.37. The highest BCUT2D eigenvalue weighted by Gasteiger charge is 2.25. The molecule has 1 aromatic heterocycles. The highest BCUT2D eigenvalue weighted by atomic mass is 16.5. The molecular formula is C16H19N3O3. The summed E-state index contributed by atoms with van der Waals surface area (Å²) in [5.41, 5.74) is 0.512. The van der Waals surface area contributed by atoms with Crippen LogP contribution in [0.25, 0.3) is 0 Å². The van der Waals surface area contributed by atoms with E-state index < -0.39 is 6.04 Å². The van der Waals surface area contributed by atoms with E-state index in [0.29, 0.717) is 17.1 Å². The topological polar surface area (TPSA) is 84.2 Å². The number of carbonyl (C=O) groups is 2. The average molecular weight is 301 g/mol. The minimum absolute atomic E-state index is 0.0688. The Hall–Kier alpha value is -2.63. The van der Waals surface area contributed by atoms with Crippen molar-refractivity contribution in [3.8, 4) is 0 Å². The SMILES string of the molecule is Cc1cc(NC(=O)[C@@H](NC(=O)c2ccccc2)C(C)C)no1. The van der Waals surface area contributed by atoms with Crippen molar-refractivity contribution in [3.05, 3.63) is 47.7 Å². The smallest absolute Gasteiger partial charge is 0.251 e. The fraction of sp³-hybridized carbons (Fsp3) is 0.312. The van der Waals surface area contributed by atoms with Gasteiger partial charge in [-0.05, 0) is 25.0 Å². The van der Waals surface area contributed by atoms with E-state index in [1.165, 1.54) is 0 Å². The number of aryl methyl sites for hydroxylation is 1. The molecule has 0 fully saturated rings. The molecule has 0 saturated heterocycles. The van der Waals surface area contributed by atoms with Gasteiger partial charge in [-0.3, -0.25) is 9.59 Å². The van der Waals surface area contributed by atoms with E-state index >= 15 is 0 Å². The molecule has 2 rings (SSSR count). The Morgan fingerprint density at radius 1 is 1.18 bits per heavy atom. The van der Waals surface area contributed by atoms with E-state index in [1.807, 2.05) is 19.9 Å². The number of aromatic nitrogens is 1. The van der Waals surface area contributed by atoms with Crippen molar-refractivity contribution in [2.45, 2.75) is 26.8 Å². The van der Waals surface area contributed by atoms with Crippen molar-refractivity contribution in [2.24, 2.45) is 5.92 Å². The predicted molar refractivity (Wildman–Crippen MR) is 82.4 cm³/mol. The lowest BCUT2D eigenvalue weighted by Crippen LogP contribution is -2.47. The van der Waals surface area contributed by atoms with Gasteiger partial charge in [-0.1, -0.05) is 37.2 Å². The van der Waals surface area contributed by atoms with Crippen LogP contribution in [0.5, 0.6) is 0 Å². The molecular weight excluding hydrogens is 282 g/mol. The van der Waals surface area contributed by atoms with Crippen molar-refractivity contribution < 1.29 is 14.1 Å². The molecule has 6 heteroatoms. The first-order valence-electron chi connectivity index (χ1n) is 7.07. The van der Waals surface area contributed by atoms with Crippen LogP contribution in [0, 0.1) is 12.8 Å². The van der Waals surface area contributed by atoms with Crippen molar-refractivity contribution in [2.75, 3.05) is 5.32 Å². The van der Waals surface area contributed by atoms with Crippen LogP contribution in [-0.2, 0) is 4.79 Å². The lowest BCUT2D eigenvalue weighted by atomic mass is 10.0. The summed E-state index contributed by atoms with van der Waals surface area (Å²) in [4.78, 5) is 24.5. The fourth-order valence-corrected chi connectivity index (χ4v) is 1.98. The summed E-state index contributed by atoms with van der Waals surface area (Å²) in [6, 6.07) is 9.74. The molecule has 22 heavy (non-hydrogen) atoms. The first-order chi connectivity index (χ1) is 10.5. The van der Waals surface area contributed by atoms with Crippen LogP contribution >= 0.6 is 0 Å². The van der Waals surface area contributed by atoms with Crippen molar-refractivity contribution in [3.63, 3.8) is 0 Å². The van der Waals surface area contributed by atoms with Gasteiger partial charge < -0.3 is 15.2 Å². The molecule has 2 aromatic rings. The standard InChI is InChI=1S/C16H19N3O3/c1-10(2)14(16(21)17-13-9-11(3)22-19-13)18-15(20)12-7-5-4-6-8-12/h4-10,14H,1-3H3,(H,18,20)(H,17,19,21)/t14-/m0/s1. The first kappa shape index (κ1) is 15.8. The number of amides is 2. The third-order valence-corrected chi connectivity index (χ3v) is 3.15. The highest BCUT2D eigenvalue weighted by Crippen LogP contribution is 2.11. The van der Waals surface area contributed by atoms with Gasteiger partial charge in [0.2, 0.25) is 5.91 Å². The maximum absolute atomic E-state index is 12.3. The Bertz CT molecular complexity index is 650. The Labute approximate surface area is 128 Å². The summed E-state index contributed by atoms with van der Waals surface area (Å²) in [7, 11) is 0. The fourth-order valence-electron chi connectivity index (χ4n) is 1.98. The van der Waals surface area contributed by atoms with Gasteiger partial charge in [-0.15, -0.1) is 0 Å². The largest absolute Gasteiger partial charge is 0.360 e. The Morgan fingerprint density at radius 2 is 1.86 bits per heavy atom. The lowest BCUT2D eigenvalue weighted by molar-refractivity contribution is -0.118. The van der Waals surface area contributed by atoms with Crippen LogP contribution in [-0.4, -0.2) is 23.0 Å². The van der Waals surface area contributed by atoms with Crippen LogP contribution in [0.2, 0.25) is 0 Å². The molecule has 2 N–H and O–H groups in total. The van der Waals surface area contributed by atoms with Gasteiger partial charge in [0.1, 0.15) is 11.8 Å². The van der Waals surface area contributed by atoms with Gasteiger partial charge in [-0.2, -0.15) is 0 Å². The number of hydrogen-bond acceptors (Lipinski definition) is 4. The number of hydrogen-bond donors (Lipinski definition) is 2. The molecule has 0 aliphatic rings. The first-order valence-corrected chi connectivity index (χ1v) is 7.07. The molecule has 0 saturated carbocycles. The minimum Gasteiger partial charge on any atom is -0.360 e. The van der Waals surface area contributed by atoms with E-state index in [9.17, 15) is 9.59 Å². The summed E-state index contributed by atoms with van der Waals surface area (Å²) in [6.07, 6.45) is 0. The molecule has 116 valence electrons.